The van der Waals surface area contributed by atoms with Crippen LogP contribution in [0.15, 0.2) is 41.3 Å². The van der Waals surface area contributed by atoms with E-state index >= 15 is 0 Å². The first-order valence-electron chi connectivity index (χ1n) is 11.7. The van der Waals surface area contributed by atoms with E-state index in [1.807, 2.05) is 26.0 Å². The number of amides is 1. The lowest BCUT2D eigenvalue weighted by molar-refractivity contribution is 0.102. The average molecular weight is 456 g/mol. The number of aromatic nitrogens is 2. The van der Waals surface area contributed by atoms with Crippen molar-refractivity contribution in [1.82, 2.24) is 14.5 Å². The van der Waals surface area contributed by atoms with Crippen LogP contribution in [0, 0.1) is 0 Å². The Balaban J connectivity index is 1.45. The molecule has 2 aromatic rings. The Bertz CT molecular complexity index is 958. The SMILES string of the molecule is CC(C)(N)CNc1ccc(C(=O)Nc2ccn(CCCCN3CCC(N)CC3)c(=O)n2)cc1. The maximum Gasteiger partial charge on any atom is 0.349 e. The molecule has 0 saturated carbocycles. The number of piperidine rings is 1. The molecule has 0 atom stereocenters. The van der Waals surface area contributed by atoms with Crippen LogP contribution in [0.3, 0.4) is 0 Å². The Morgan fingerprint density at radius 3 is 2.42 bits per heavy atom. The summed E-state index contributed by atoms with van der Waals surface area (Å²) < 4.78 is 1.58. The van der Waals surface area contributed by atoms with Gasteiger partial charge in [0, 0.05) is 42.1 Å². The highest BCUT2D eigenvalue weighted by Gasteiger charge is 2.15. The Hall–Kier alpha value is -2.75. The van der Waals surface area contributed by atoms with Crippen molar-refractivity contribution in [1.29, 1.82) is 0 Å². The molecule has 1 saturated heterocycles. The molecule has 1 aromatic carbocycles. The molecule has 6 N–H and O–H groups in total. The first kappa shape index (κ1) is 24.9. The standard InChI is InChI=1S/C24H37N7O2/c1-24(2,26)17-27-20-7-5-18(6-8-20)22(32)28-21-11-16-31(23(33)29-21)13-4-3-12-30-14-9-19(25)10-15-30/h5-8,11,16,19,27H,3-4,9-10,12-15,17,25-26H2,1-2H3,(H,28,29,32,33). The summed E-state index contributed by atoms with van der Waals surface area (Å²) in [6, 6.07) is 9.09. The fourth-order valence-corrected chi connectivity index (χ4v) is 3.72. The number of likely N-dealkylation sites (tertiary alicyclic amines) is 1. The summed E-state index contributed by atoms with van der Waals surface area (Å²) in [6.45, 7) is 8.25. The van der Waals surface area contributed by atoms with Gasteiger partial charge in [-0.2, -0.15) is 4.98 Å². The summed E-state index contributed by atoms with van der Waals surface area (Å²) >= 11 is 0. The molecule has 33 heavy (non-hydrogen) atoms. The molecule has 9 heteroatoms. The van der Waals surface area contributed by atoms with Crippen molar-refractivity contribution in [3.63, 3.8) is 0 Å². The summed E-state index contributed by atoms with van der Waals surface area (Å²) in [7, 11) is 0. The molecule has 1 amide bonds. The summed E-state index contributed by atoms with van der Waals surface area (Å²) in [6.07, 6.45) is 5.73. The van der Waals surface area contributed by atoms with Gasteiger partial charge in [-0.3, -0.25) is 9.36 Å². The second-order valence-corrected chi connectivity index (χ2v) is 9.55. The van der Waals surface area contributed by atoms with Crippen LogP contribution in [-0.2, 0) is 6.54 Å². The van der Waals surface area contributed by atoms with Crippen LogP contribution >= 0.6 is 0 Å². The van der Waals surface area contributed by atoms with E-state index in [0.29, 0.717) is 24.7 Å². The van der Waals surface area contributed by atoms with Gasteiger partial charge in [0.25, 0.3) is 5.91 Å². The van der Waals surface area contributed by atoms with Gasteiger partial charge in [0.1, 0.15) is 5.82 Å². The maximum atomic E-state index is 12.5. The van der Waals surface area contributed by atoms with Gasteiger partial charge in [-0.25, -0.2) is 4.79 Å². The molecule has 0 spiro atoms. The molecule has 2 heterocycles. The van der Waals surface area contributed by atoms with Gasteiger partial charge >= 0.3 is 5.69 Å². The number of unbranched alkanes of at least 4 members (excludes halogenated alkanes) is 1. The van der Waals surface area contributed by atoms with Crippen molar-refractivity contribution in [2.24, 2.45) is 11.5 Å². The number of carbonyl (C=O) groups is 1. The van der Waals surface area contributed by atoms with E-state index < -0.39 is 0 Å². The first-order chi connectivity index (χ1) is 15.7. The molecule has 1 aromatic heterocycles. The number of aryl methyl sites for hydroxylation is 1. The molecular weight excluding hydrogens is 418 g/mol. The van der Waals surface area contributed by atoms with Gasteiger partial charge in [0.05, 0.1) is 0 Å². The fourth-order valence-electron chi connectivity index (χ4n) is 3.72. The van der Waals surface area contributed by atoms with Crippen molar-refractivity contribution >= 4 is 17.4 Å². The van der Waals surface area contributed by atoms with Crippen LogP contribution in [0.1, 0.15) is 49.9 Å². The highest BCUT2D eigenvalue weighted by Crippen LogP contribution is 2.13. The minimum atomic E-state index is -0.360. The van der Waals surface area contributed by atoms with Crippen LogP contribution in [-0.4, -0.2) is 58.1 Å². The van der Waals surface area contributed by atoms with E-state index in [-0.39, 0.29) is 23.0 Å². The molecular formula is C24H37N7O2. The molecule has 9 nitrogen and oxygen atoms in total. The summed E-state index contributed by atoms with van der Waals surface area (Å²) in [5.41, 5.74) is 12.6. The Morgan fingerprint density at radius 1 is 1.12 bits per heavy atom. The number of nitrogens with two attached hydrogens (primary N) is 2. The van der Waals surface area contributed by atoms with Crippen LogP contribution in [0.5, 0.6) is 0 Å². The van der Waals surface area contributed by atoms with Gasteiger partial charge in [0.2, 0.25) is 0 Å². The second kappa shape index (κ2) is 11.4. The second-order valence-electron chi connectivity index (χ2n) is 9.55. The lowest BCUT2D eigenvalue weighted by Gasteiger charge is -2.29. The smallest absolute Gasteiger partial charge is 0.349 e. The quantitative estimate of drug-likeness (QED) is 0.402. The molecule has 0 bridgehead atoms. The molecule has 3 rings (SSSR count). The first-order valence-corrected chi connectivity index (χ1v) is 11.7. The lowest BCUT2D eigenvalue weighted by Crippen LogP contribution is -2.40. The Morgan fingerprint density at radius 2 is 1.79 bits per heavy atom. The minimum Gasteiger partial charge on any atom is -0.383 e. The normalized spacial score (nSPS) is 15.4. The van der Waals surface area contributed by atoms with Crippen molar-refractivity contribution in [3.8, 4) is 0 Å². The number of carbonyl (C=O) groups excluding carboxylic acids is 1. The Labute approximate surface area is 195 Å². The van der Waals surface area contributed by atoms with Gasteiger partial charge in [-0.15, -0.1) is 0 Å². The molecule has 0 radical (unpaired) electrons. The fraction of sp³-hybridized carbons (Fsp3) is 0.542. The summed E-state index contributed by atoms with van der Waals surface area (Å²) in [5, 5.41) is 5.93. The third kappa shape index (κ3) is 8.27. The summed E-state index contributed by atoms with van der Waals surface area (Å²) in [4.78, 5) is 31.3. The van der Waals surface area contributed by atoms with Gasteiger partial charge < -0.3 is 27.0 Å². The molecule has 1 aliphatic heterocycles. The van der Waals surface area contributed by atoms with E-state index in [4.69, 9.17) is 11.5 Å². The maximum absolute atomic E-state index is 12.5. The molecule has 1 aliphatic rings. The minimum absolute atomic E-state index is 0.248. The predicted molar refractivity (Wildman–Crippen MR) is 133 cm³/mol. The van der Waals surface area contributed by atoms with E-state index in [2.05, 4.69) is 20.5 Å². The zero-order valence-corrected chi connectivity index (χ0v) is 19.7. The monoisotopic (exact) mass is 455 g/mol. The largest absolute Gasteiger partial charge is 0.383 e. The summed E-state index contributed by atoms with van der Waals surface area (Å²) in [5.74, 6) is -0.0652. The van der Waals surface area contributed by atoms with Crippen LogP contribution < -0.4 is 27.8 Å². The van der Waals surface area contributed by atoms with Gasteiger partial charge in [0.15, 0.2) is 0 Å². The molecule has 0 aliphatic carbocycles. The third-order valence-corrected chi connectivity index (χ3v) is 5.77. The number of hydrogen-bond acceptors (Lipinski definition) is 7. The van der Waals surface area contributed by atoms with E-state index in [1.54, 1.807) is 29.0 Å². The van der Waals surface area contributed by atoms with Crippen LogP contribution in [0.25, 0.3) is 0 Å². The number of hydrogen-bond donors (Lipinski definition) is 4. The molecule has 180 valence electrons. The molecule has 0 unspecified atom stereocenters. The Kier molecular flexibility index (Phi) is 8.60. The van der Waals surface area contributed by atoms with Crippen LogP contribution in [0.4, 0.5) is 11.5 Å². The van der Waals surface area contributed by atoms with Crippen molar-refractivity contribution < 1.29 is 4.79 Å². The molecule has 1 fully saturated rings. The lowest BCUT2D eigenvalue weighted by atomic mass is 10.1. The van der Waals surface area contributed by atoms with Gasteiger partial charge in [-0.1, -0.05) is 0 Å². The highest BCUT2D eigenvalue weighted by molar-refractivity contribution is 6.03. The van der Waals surface area contributed by atoms with Crippen molar-refractivity contribution in [2.45, 2.75) is 57.7 Å². The number of rotatable bonds is 10. The van der Waals surface area contributed by atoms with E-state index in [9.17, 15) is 9.59 Å². The average Bonchev–Trinajstić information content (AvgIpc) is 2.77. The van der Waals surface area contributed by atoms with E-state index in [0.717, 1.165) is 51.0 Å². The topological polar surface area (TPSA) is 131 Å². The van der Waals surface area contributed by atoms with Crippen LogP contribution in [0.2, 0.25) is 0 Å². The number of nitrogens with one attached hydrogen (secondary N) is 2. The number of anilines is 2. The van der Waals surface area contributed by atoms with Gasteiger partial charge in [-0.05, 0) is 89.5 Å². The highest BCUT2D eigenvalue weighted by atomic mass is 16.2. The number of benzene rings is 1. The third-order valence-electron chi connectivity index (χ3n) is 5.77. The van der Waals surface area contributed by atoms with E-state index in [1.165, 1.54) is 0 Å². The predicted octanol–water partition coefficient (Wildman–Crippen LogP) is 1.85. The van der Waals surface area contributed by atoms with Crippen molar-refractivity contribution in [3.05, 3.63) is 52.6 Å². The zero-order valence-electron chi connectivity index (χ0n) is 19.7. The number of nitrogens with zero attached hydrogens (tertiary/aromatic N) is 3. The zero-order chi connectivity index (χ0) is 23.8. The van der Waals surface area contributed by atoms with Crippen molar-refractivity contribution in [2.75, 3.05) is 36.8 Å².